The van der Waals surface area contributed by atoms with E-state index in [1.807, 2.05) is 7.05 Å². The van der Waals surface area contributed by atoms with Gasteiger partial charge >= 0.3 is 0 Å². The molecule has 1 aromatic rings. The molecule has 1 aromatic carbocycles. The molecule has 1 saturated heterocycles. The fourth-order valence-electron chi connectivity index (χ4n) is 2.16. The molecule has 1 heterocycles. The summed E-state index contributed by atoms with van der Waals surface area (Å²) in [6, 6.07) is 6.26. The molecular weight excluding hydrogens is 221 g/mol. The number of aliphatic hydroxyl groups is 1. The molecule has 2 unspecified atom stereocenters. The van der Waals surface area contributed by atoms with E-state index < -0.39 is 6.10 Å². The predicted octanol–water partition coefficient (Wildman–Crippen LogP) is 1.52. The van der Waals surface area contributed by atoms with Crippen molar-refractivity contribution in [2.75, 3.05) is 26.7 Å². The lowest BCUT2D eigenvalue weighted by atomic mass is 10.0. The van der Waals surface area contributed by atoms with Gasteiger partial charge < -0.3 is 14.7 Å². The van der Waals surface area contributed by atoms with Gasteiger partial charge in [-0.1, -0.05) is 12.1 Å². The molecule has 1 fully saturated rings. The van der Waals surface area contributed by atoms with Gasteiger partial charge in [-0.15, -0.1) is 0 Å². The van der Waals surface area contributed by atoms with Crippen LogP contribution in [0.1, 0.15) is 6.42 Å². The third-order valence-corrected chi connectivity index (χ3v) is 3.22. The van der Waals surface area contributed by atoms with Crippen molar-refractivity contribution in [1.82, 2.24) is 4.90 Å². The van der Waals surface area contributed by atoms with Crippen LogP contribution in [0.2, 0.25) is 0 Å². The Morgan fingerprint density at radius 2 is 2.29 bits per heavy atom. The summed E-state index contributed by atoms with van der Waals surface area (Å²) in [5, 5.41) is 9.94. The standard InChI is InChI=1S/C13H18FNO2/c1-15-7-6-10(8-15)12(16)9-17-13-5-3-2-4-11(13)14/h2-5,10,12,16H,6-9H2,1H3. The summed E-state index contributed by atoms with van der Waals surface area (Å²) < 4.78 is 18.6. The van der Waals surface area contributed by atoms with Crippen LogP contribution >= 0.6 is 0 Å². The van der Waals surface area contributed by atoms with Gasteiger partial charge in [-0.2, -0.15) is 0 Å². The van der Waals surface area contributed by atoms with Crippen molar-refractivity contribution >= 4 is 0 Å². The smallest absolute Gasteiger partial charge is 0.165 e. The summed E-state index contributed by atoms with van der Waals surface area (Å²) in [5.41, 5.74) is 0. The molecule has 1 N–H and O–H groups in total. The van der Waals surface area contributed by atoms with E-state index >= 15 is 0 Å². The lowest BCUT2D eigenvalue weighted by Gasteiger charge is -2.18. The van der Waals surface area contributed by atoms with Crippen LogP contribution in [0.3, 0.4) is 0 Å². The summed E-state index contributed by atoms with van der Waals surface area (Å²) in [6.45, 7) is 2.03. The lowest BCUT2D eigenvalue weighted by molar-refractivity contribution is 0.0592. The highest BCUT2D eigenvalue weighted by Gasteiger charge is 2.26. The third kappa shape index (κ3) is 3.17. The Hall–Kier alpha value is -1.13. The van der Waals surface area contributed by atoms with Gasteiger partial charge in [0.1, 0.15) is 6.61 Å². The predicted molar refractivity (Wildman–Crippen MR) is 63.5 cm³/mol. The van der Waals surface area contributed by atoms with E-state index in [1.165, 1.54) is 6.07 Å². The molecule has 1 aliphatic heterocycles. The van der Waals surface area contributed by atoms with Crippen LogP contribution in [0.5, 0.6) is 5.75 Å². The lowest BCUT2D eigenvalue weighted by Crippen LogP contribution is -2.29. The van der Waals surface area contributed by atoms with E-state index in [0.29, 0.717) is 0 Å². The first-order valence-electron chi connectivity index (χ1n) is 5.91. The minimum atomic E-state index is -0.528. The van der Waals surface area contributed by atoms with Gasteiger partial charge in [0.05, 0.1) is 6.10 Å². The first kappa shape index (κ1) is 12.3. The monoisotopic (exact) mass is 239 g/mol. The van der Waals surface area contributed by atoms with Crippen molar-refractivity contribution < 1.29 is 14.2 Å². The average Bonchev–Trinajstić information content (AvgIpc) is 2.74. The first-order valence-corrected chi connectivity index (χ1v) is 5.91. The Labute approximate surface area is 101 Å². The number of halogens is 1. The molecule has 0 spiro atoms. The second-order valence-corrected chi connectivity index (χ2v) is 4.62. The molecule has 0 bridgehead atoms. The Morgan fingerprint density at radius 3 is 2.94 bits per heavy atom. The molecule has 3 nitrogen and oxygen atoms in total. The number of hydrogen-bond donors (Lipinski definition) is 1. The molecule has 4 heteroatoms. The van der Waals surface area contributed by atoms with Gasteiger partial charge in [-0.05, 0) is 32.1 Å². The van der Waals surface area contributed by atoms with E-state index in [1.54, 1.807) is 18.2 Å². The SMILES string of the molecule is CN1CCC(C(O)COc2ccccc2F)C1. The molecular formula is C13H18FNO2. The number of hydrogen-bond acceptors (Lipinski definition) is 3. The van der Waals surface area contributed by atoms with Crippen molar-refractivity contribution in [3.8, 4) is 5.75 Å². The third-order valence-electron chi connectivity index (χ3n) is 3.22. The molecule has 94 valence electrons. The fourth-order valence-corrected chi connectivity index (χ4v) is 2.16. The first-order chi connectivity index (χ1) is 8.16. The molecule has 0 radical (unpaired) electrons. The number of benzene rings is 1. The van der Waals surface area contributed by atoms with Crippen molar-refractivity contribution in [3.63, 3.8) is 0 Å². The zero-order valence-electron chi connectivity index (χ0n) is 9.97. The van der Waals surface area contributed by atoms with Crippen LogP contribution in [0.15, 0.2) is 24.3 Å². The van der Waals surface area contributed by atoms with E-state index in [-0.39, 0.29) is 24.1 Å². The van der Waals surface area contributed by atoms with Crippen molar-refractivity contribution in [3.05, 3.63) is 30.1 Å². The molecule has 2 rings (SSSR count). The highest BCUT2D eigenvalue weighted by molar-refractivity contribution is 5.23. The van der Waals surface area contributed by atoms with Crippen LogP contribution < -0.4 is 4.74 Å². The summed E-state index contributed by atoms with van der Waals surface area (Å²) in [4.78, 5) is 2.18. The van der Waals surface area contributed by atoms with Crippen LogP contribution in [0.4, 0.5) is 4.39 Å². The number of rotatable bonds is 4. The number of ether oxygens (including phenoxy) is 1. The number of aliphatic hydroxyl groups excluding tert-OH is 1. The van der Waals surface area contributed by atoms with Gasteiger partial charge in [-0.3, -0.25) is 0 Å². The van der Waals surface area contributed by atoms with Crippen LogP contribution in [0, 0.1) is 11.7 Å². The number of para-hydroxylation sites is 1. The van der Waals surface area contributed by atoms with Crippen LogP contribution in [-0.2, 0) is 0 Å². The molecule has 0 amide bonds. The number of likely N-dealkylation sites (tertiary alicyclic amines) is 1. The summed E-state index contributed by atoms with van der Waals surface area (Å²) in [6.07, 6.45) is 0.442. The summed E-state index contributed by atoms with van der Waals surface area (Å²) in [5.74, 6) is 0.0490. The van der Waals surface area contributed by atoms with E-state index in [2.05, 4.69) is 4.90 Å². The van der Waals surface area contributed by atoms with Gasteiger partial charge in [0.15, 0.2) is 11.6 Å². The quantitative estimate of drug-likeness (QED) is 0.864. The largest absolute Gasteiger partial charge is 0.488 e. The topological polar surface area (TPSA) is 32.7 Å². The van der Waals surface area contributed by atoms with Crippen molar-refractivity contribution in [2.24, 2.45) is 5.92 Å². The molecule has 0 saturated carbocycles. The fraction of sp³-hybridized carbons (Fsp3) is 0.538. The Balaban J connectivity index is 1.84. The molecule has 0 aromatic heterocycles. The van der Waals surface area contributed by atoms with Gasteiger partial charge in [0, 0.05) is 12.5 Å². The highest BCUT2D eigenvalue weighted by atomic mass is 19.1. The van der Waals surface area contributed by atoms with Crippen LogP contribution in [0.25, 0.3) is 0 Å². The molecule has 2 atom stereocenters. The average molecular weight is 239 g/mol. The van der Waals surface area contributed by atoms with E-state index in [0.717, 1.165) is 19.5 Å². The minimum Gasteiger partial charge on any atom is -0.488 e. The van der Waals surface area contributed by atoms with Gasteiger partial charge in [-0.25, -0.2) is 4.39 Å². The molecule has 17 heavy (non-hydrogen) atoms. The highest BCUT2D eigenvalue weighted by Crippen LogP contribution is 2.20. The second kappa shape index (κ2) is 5.47. The maximum atomic E-state index is 13.3. The zero-order chi connectivity index (χ0) is 12.3. The Bertz CT molecular complexity index is 372. The maximum Gasteiger partial charge on any atom is 0.165 e. The van der Waals surface area contributed by atoms with Crippen molar-refractivity contribution in [1.29, 1.82) is 0 Å². The second-order valence-electron chi connectivity index (χ2n) is 4.62. The molecule has 1 aliphatic rings. The number of nitrogens with zero attached hydrogens (tertiary/aromatic N) is 1. The van der Waals surface area contributed by atoms with Crippen LogP contribution in [-0.4, -0.2) is 42.9 Å². The zero-order valence-corrected chi connectivity index (χ0v) is 9.97. The van der Waals surface area contributed by atoms with Gasteiger partial charge in [0.25, 0.3) is 0 Å². The summed E-state index contributed by atoms with van der Waals surface area (Å²) in [7, 11) is 2.03. The minimum absolute atomic E-state index is 0.152. The van der Waals surface area contributed by atoms with E-state index in [4.69, 9.17) is 4.74 Å². The maximum absolute atomic E-state index is 13.3. The van der Waals surface area contributed by atoms with E-state index in [9.17, 15) is 9.50 Å². The Morgan fingerprint density at radius 1 is 1.53 bits per heavy atom. The summed E-state index contributed by atoms with van der Waals surface area (Å²) >= 11 is 0. The normalized spacial score (nSPS) is 22.6. The van der Waals surface area contributed by atoms with Gasteiger partial charge in [0.2, 0.25) is 0 Å². The molecule has 0 aliphatic carbocycles. The van der Waals surface area contributed by atoms with Crippen molar-refractivity contribution in [2.45, 2.75) is 12.5 Å². The Kier molecular flexibility index (Phi) is 3.97.